The molecule has 0 radical (unpaired) electrons. The maximum absolute atomic E-state index is 12.1. The third kappa shape index (κ3) is 4.64. The number of ether oxygens (including phenoxy) is 1. The summed E-state index contributed by atoms with van der Waals surface area (Å²) in [6, 6.07) is 3.77. The number of nitrogens with one attached hydrogen (secondary N) is 2. The van der Waals surface area contributed by atoms with Crippen molar-refractivity contribution >= 4 is 52.7 Å². The topological polar surface area (TPSA) is 105 Å². The van der Waals surface area contributed by atoms with Gasteiger partial charge in [0.15, 0.2) is 6.10 Å². The summed E-state index contributed by atoms with van der Waals surface area (Å²) in [4.78, 5) is 48.6. The molecule has 26 heavy (non-hydrogen) atoms. The lowest BCUT2D eigenvalue weighted by molar-refractivity contribution is -0.155. The minimum atomic E-state index is -1.16. The Morgan fingerprint density at radius 3 is 2.31 bits per heavy atom. The number of urea groups is 1. The van der Waals surface area contributed by atoms with Crippen LogP contribution in [0.4, 0.5) is 10.5 Å². The number of anilines is 1. The van der Waals surface area contributed by atoms with Crippen molar-refractivity contribution in [3.8, 4) is 0 Å². The fourth-order valence-electron chi connectivity index (χ4n) is 2.25. The molecule has 0 aromatic heterocycles. The largest absolute Gasteiger partial charge is 0.451 e. The summed E-state index contributed by atoms with van der Waals surface area (Å²) in [5, 5.41) is 5.62. The second kappa shape index (κ2) is 7.51. The predicted octanol–water partition coefficient (Wildman–Crippen LogP) is 2.19. The van der Waals surface area contributed by atoms with Gasteiger partial charge in [0, 0.05) is 15.7 Å². The number of hydrogen-bond acceptors (Lipinski definition) is 5. The number of imide groups is 1. The molecular weight excluding hydrogens is 385 g/mol. The zero-order chi connectivity index (χ0) is 19.6. The van der Waals surface area contributed by atoms with Gasteiger partial charge in [-0.3, -0.25) is 19.3 Å². The number of halogens is 2. The predicted molar refractivity (Wildman–Crippen MR) is 95.0 cm³/mol. The van der Waals surface area contributed by atoms with E-state index in [0.29, 0.717) is 15.7 Å². The van der Waals surface area contributed by atoms with Crippen LogP contribution in [0, 0.1) is 0 Å². The molecule has 1 saturated heterocycles. The van der Waals surface area contributed by atoms with Crippen molar-refractivity contribution < 1.29 is 23.9 Å². The molecule has 8 nitrogen and oxygen atoms in total. The van der Waals surface area contributed by atoms with E-state index < -0.39 is 42.0 Å². The summed E-state index contributed by atoms with van der Waals surface area (Å²) < 4.78 is 4.98. The van der Waals surface area contributed by atoms with Crippen LogP contribution in [0.15, 0.2) is 18.2 Å². The lowest BCUT2D eigenvalue weighted by Crippen LogP contribution is -2.42. The van der Waals surface area contributed by atoms with Crippen LogP contribution in [0.3, 0.4) is 0 Å². The Labute approximate surface area is 159 Å². The number of hydrogen-bond donors (Lipinski definition) is 2. The summed E-state index contributed by atoms with van der Waals surface area (Å²) in [6.45, 7) is 3.80. The lowest BCUT2D eigenvalue weighted by Gasteiger charge is -2.17. The van der Waals surface area contributed by atoms with Gasteiger partial charge in [-0.25, -0.2) is 4.79 Å². The van der Waals surface area contributed by atoms with Gasteiger partial charge < -0.3 is 15.4 Å². The maximum atomic E-state index is 12.1. The summed E-state index contributed by atoms with van der Waals surface area (Å²) in [5.41, 5.74) is -0.752. The van der Waals surface area contributed by atoms with Crippen molar-refractivity contribution in [1.29, 1.82) is 0 Å². The van der Waals surface area contributed by atoms with Crippen LogP contribution in [-0.4, -0.2) is 46.9 Å². The van der Waals surface area contributed by atoms with Gasteiger partial charge in [0.1, 0.15) is 12.1 Å². The van der Waals surface area contributed by atoms with E-state index in [1.165, 1.54) is 39.0 Å². The first-order valence-corrected chi connectivity index (χ1v) is 8.36. The standard InChI is InChI=1S/C16H17Cl2N3O5/c1-8(13(23)19-11-5-9(17)4-10(18)6-11)26-12(22)7-21-14(24)16(2,3)20-15(21)25/h4-6,8H,7H2,1-3H3,(H,19,23)(H,20,25)/t8-/m0/s1. The molecule has 1 aromatic carbocycles. The Bertz CT molecular complexity index is 761. The fourth-order valence-corrected chi connectivity index (χ4v) is 2.77. The Morgan fingerprint density at radius 1 is 1.23 bits per heavy atom. The van der Waals surface area contributed by atoms with Crippen LogP contribution in [0.1, 0.15) is 20.8 Å². The number of carbonyl (C=O) groups is 4. The Hall–Kier alpha value is -2.32. The smallest absolute Gasteiger partial charge is 0.327 e. The number of nitrogens with zero attached hydrogens (tertiary/aromatic N) is 1. The zero-order valence-corrected chi connectivity index (χ0v) is 15.8. The molecule has 0 aliphatic carbocycles. The van der Waals surface area contributed by atoms with Crippen molar-refractivity contribution in [2.24, 2.45) is 0 Å². The van der Waals surface area contributed by atoms with E-state index in [9.17, 15) is 19.2 Å². The first kappa shape index (κ1) is 20.0. The average Bonchev–Trinajstić information content (AvgIpc) is 2.68. The van der Waals surface area contributed by atoms with Gasteiger partial charge in [-0.2, -0.15) is 0 Å². The molecule has 1 heterocycles. The molecule has 0 saturated carbocycles. The maximum Gasteiger partial charge on any atom is 0.327 e. The highest BCUT2D eigenvalue weighted by atomic mass is 35.5. The molecular formula is C16H17Cl2N3O5. The Morgan fingerprint density at radius 2 is 1.81 bits per heavy atom. The van der Waals surface area contributed by atoms with Gasteiger partial charge in [0.05, 0.1) is 0 Å². The SMILES string of the molecule is C[C@H](OC(=O)CN1C(=O)NC(C)(C)C1=O)C(=O)Nc1cc(Cl)cc(Cl)c1. The molecule has 1 fully saturated rings. The monoisotopic (exact) mass is 401 g/mol. The number of carbonyl (C=O) groups excluding carboxylic acids is 4. The zero-order valence-electron chi connectivity index (χ0n) is 14.3. The molecule has 0 spiro atoms. The van der Waals surface area contributed by atoms with Crippen LogP contribution >= 0.6 is 23.2 Å². The van der Waals surface area contributed by atoms with Crippen molar-refractivity contribution in [2.75, 3.05) is 11.9 Å². The van der Waals surface area contributed by atoms with Crippen molar-refractivity contribution in [3.63, 3.8) is 0 Å². The molecule has 4 amide bonds. The Balaban J connectivity index is 1.93. The van der Waals surface area contributed by atoms with Gasteiger partial charge in [-0.05, 0) is 39.0 Å². The minimum absolute atomic E-state index is 0.332. The molecule has 2 rings (SSSR count). The number of rotatable bonds is 5. The van der Waals surface area contributed by atoms with Gasteiger partial charge in [-0.15, -0.1) is 0 Å². The molecule has 1 aliphatic heterocycles. The highest BCUT2D eigenvalue weighted by molar-refractivity contribution is 6.35. The van der Waals surface area contributed by atoms with E-state index in [-0.39, 0.29) is 0 Å². The van der Waals surface area contributed by atoms with E-state index in [0.717, 1.165) is 4.90 Å². The van der Waals surface area contributed by atoms with E-state index in [4.69, 9.17) is 27.9 Å². The summed E-state index contributed by atoms with van der Waals surface area (Å²) >= 11 is 11.7. The minimum Gasteiger partial charge on any atom is -0.451 e. The van der Waals surface area contributed by atoms with E-state index >= 15 is 0 Å². The second-order valence-corrected chi connectivity index (χ2v) is 7.10. The van der Waals surface area contributed by atoms with Crippen molar-refractivity contribution in [2.45, 2.75) is 32.4 Å². The number of amides is 4. The molecule has 1 atom stereocenters. The molecule has 2 N–H and O–H groups in total. The molecule has 0 bridgehead atoms. The lowest BCUT2D eigenvalue weighted by atomic mass is 10.1. The normalized spacial score (nSPS) is 16.9. The highest BCUT2D eigenvalue weighted by Gasteiger charge is 2.45. The third-order valence-electron chi connectivity index (χ3n) is 3.54. The third-order valence-corrected chi connectivity index (χ3v) is 3.98. The second-order valence-electron chi connectivity index (χ2n) is 6.23. The van der Waals surface area contributed by atoms with Gasteiger partial charge >= 0.3 is 12.0 Å². The molecule has 10 heteroatoms. The first-order chi connectivity index (χ1) is 12.0. The van der Waals surface area contributed by atoms with Gasteiger partial charge in [-0.1, -0.05) is 23.2 Å². The van der Waals surface area contributed by atoms with Crippen LogP contribution in [0.2, 0.25) is 10.0 Å². The molecule has 140 valence electrons. The summed E-state index contributed by atoms with van der Waals surface area (Å²) in [5.74, 6) is -2.06. The van der Waals surface area contributed by atoms with Crippen LogP contribution in [0.25, 0.3) is 0 Å². The quantitative estimate of drug-likeness (QED) is 0.581. The van der Waals surface area contributed by atoms with Gasteiger partial charge in [0.2, 0.25) is 0 Å². The van der Waals surface area contributed by atoms with E-state index in [1.807, 2.05) is 0 Å². The summed E-state index contributed by atoms with van der Waals surface area (Å²) in [6.07, 6.45) is -1.16. The van der Waals surface area contributed by atoms with Crippen LogP contribution < -0.4 is 10.6 Å². The molecule has 0 unspecified atom stereocenters. The number of benzene rings is 1. The van der Waals surface area contributed by atoms with Crippen molar-refractivity contribution in [3.05, 3.63) is 28.2 Å². The summed E-state index contributed by atoms with van der Waals surface area (Å²) in [7, 11) is 0. The van der Waals surface area contributed by atoms with E-state index in [1.54, 1.807) is 0 Å². The molecule has 1 aliphatic rings. The highest BCUT2D eigenvalue weighted by Crippen LogP contribution is 2.22. The van der Waals surface area contributed by atoms with Crippen molar-refractivity contribution in [1.82, 2.24) is 10.2 Å². The van der Waals surface area contributed by atoms with Gasteiger partial charge in [0.25, 0.3) is 11.8 Å². The first-order valence-electron chi connectivity index (χ1n) is 7.60. The van der Waals surface area contributed by atoms with Crippen LogP contribution in [0.5, 0.6) is 0 Å². The van der Waals surface area contributed by atoms with E-state index in [2.05, 4.69) is 10.6 Å². The van der Waals surface area contributed by atoms with Crippen LogP contribution in [-0.2, 0) is 19.1 Å². The Kier molecular flexibility index (Phi) is 5.77. The number of esters is 1. The average molecular weight is 402 g/mol. The molecule has 1 aromatic rings. The fraction of sp³-hybridized carbons (Fsp3) is 0.375.